The quantitative estimate of drug-likeness (QED) is 0.385. The first-order valence-electron chi connectivity index (χ1n) is 12.9. The number of ether oxygens (including phenoxy) is 1. The number of aromatic amines is 1. The molecule has 1 saturated heterocycles. The third kappa shape index (κ3) is 4.49. The molecule has 3 aromatic rings. The van der Waals surface area contributed by atoms with E-state index in [1.807, 2.05) is 25.1 Å². The lowest BCUT2D eigenvalue weighted by molar-refractivity contribution is 0.185. The van der Waals surface area contributed by atoms with E-state index in [1.54, 1.807) is 0 Å². The van der Waals surface area contributed by atoms with Gasteiger partial charge in [-0.2, -0.15) is 0 Å². The summed E-state index contributed by atoms with van der Waals surface area (Å²) in [5, 5.41) is 1.09. The number of para-hydroxylation sites is 1. The first-order valence-corrected chi connectivity index (χ1v) is 12.9. The molecule has 0 radical (unpaired) electrons. The molecular formula is C29H34F3N3O. The van der Waals surface area contributed by atoms with E-state index in [0.717, 1.165) is 47.2 Å². The molecule has 4 nitrogen and oxygen atoms in total. The fourth-order valence-corrected chi connectivity index (χ4v) is 5.88. The second kappa shape index (κ2) is 10.2. The summed E-state index contributed by atoms with van der Waals surface area (Å²) in [6.07, 6.45) is 2.52. The van der Waals surface area contributed by atoms with Gasteiger partial charge in [-0.1, -0.05) is 31.7 Å². The van der Waals surface area contributed by atoms with Gasteiger partial charge in [0.25, 0.3) is 0 Å². The Hall–Kier alpha value is -2.93. The Balaban J connectivity index is 1.50. The lowest BCUT2D eigenvalue weighted by Crippen LogP contribution is -2.42. The van der Waals surface area contributed by atoms with E-state index < -0.39 is 17.7 Å². The fourth-order valence-electron chi connectivity index (χ4n) is 5.88. The molecule has 3 heterocycles. The maximum absolute atomic E-state index is 15.8. The molecule has 0 amide bonds. The Morgan fingerprint density at radius 1 is 1.19 bits per heavy atom. The topological polar surface area (TPSA) is 31.5 Å². The maximum atomic E-state index is 15.8. The van der Waals surface area contributed by atoms with Crippen molar-refractivity contribution in [1.29, 1.82) is 0 Å². The monoisotopic (exact) mass is 497 g/mol. The number of alkyl halides is 1. The molecule has 3 atom stereocenters. The van der Waals surface area contributed by atoms with Crippen molar-refractivity contribution in [3.63, 3.8) is 0 Å². The normalized spacial score (nSPS) is 22.2. The summed E-state index contributed by atoms with van der Waals surface area (Å²) in [6.45, 7) is 10.1. The summed E-state index contributed by atoms with van der Waals surface area (Å²) in [6, 6.07) is 9.98. The highest BCUT2D eigenvalue weighted by Gasteiger charge is 2.39. The van der Waals surface area contributed by atoms with E-state index in [2.05, 4.69) is 34.4 Å². The standard InChI is InChI=1S/C29H34F3N3O/c1-4-18(2)35-19(3)14-23-22-8-5-6-9-26(22)33-28(23)29(35)27-24(31)15-21(16-25(27)32)36-20-10-13-34(17-20)12-7-11-30/h5-6,8-9,15-16,19-20,29,33H,2,4,7,10-14,17H2,1,3H3/t19-,20-,29-/m1/s1. The van der Waals surface area contributed by atoms with E-state index in [-0.39, 0.29) is 30.1 Å². The SMILES string of the molecule is C=C(CC)N1[C@H](c2c(F)cc(O[C@@H]3CCN(CCCF)C3)cc2F)c2[nH]c3ccccc3c2C[C@H]1C. The number of hydrogen-bond acceptors (Lipinski definition) is 3. The average molecular weight is 498 g/mol. The number of benzene rings is 2. The van der Waals surface area contributed by atoms with Gasteiger partial charge in [0.1, 0.15) is 29.5 Å². The highest BCUT2D eigenvalue weighted by molar-refractivity contribution is 5.85. The van der Waals surface area contributed by atoms with Crippen LogP contribution in [0, 0.1) is 11.6 Å². The molecule has 2 aliphatic rings. The van der Waals surface area contributed by atoms with Crippen molar-refractivity contribution in [2.75, 3.05) is 26.3 Å². The largest absolute Gasteiger partial charge is 0.489 e. The molecule has 0 bridgehead atoms. The predicted molar refractivity (Wildman–Crippen MR) is 137 cm³/mol. The van der Waals surface area contributed by atoms with Crippen LogP contribution in [0.3, 0.4) is 0 Å². The first kappa shape index (κ1) is 24.8. The molecule has 1 N–H and O–H groups in total. The van der Waals surface area contributed by atoms with Gasteiger partial charge >= 0.3 is 0 Å². The molecule has 0 spiro atoms. The molecule has 2 aromatic carbocycles. The van der Waals surface area contributed by atoms with Crippen LogP contribution in [0.5, 0.6) is 5.75 Å². The number of halogens is 3. The summed E-state index contributed by atoms with van der Waals surface area (Å²) in [4.78, 5) is 7.64. The molecule has 0 saturated carbocycles. The van der Waals surface area contributed by atoms with Crippen molar-refractivity contribution in [1.82, 2.24) is 14.8 Å². The van der Waals surface area contributed by atoms with Crippen molar-refractivity contribution in [3.05, 3.63) is 77.1 Å². The summed E-state index contributed by atoms with van der Waals surface area (Å²) in [7, 11) is 0. The second-order valence-corrected chi connectivity index (χ2v) is 10.0. The third-order valence-electron chi connectivity index (χ3n) is 7.61. The predicted octanol–water partition coefficient (Wildman–Crippen LogP) is 6.52. The maximum Gasteiger partial charge on any atom is 0.135 e. The number of hydrogen-bond donors (Lipinski definition) is 1. The van der Waals surface area contributed by atoms with Crippen molar-refractivity contribution in [3.8, 4) is 5.75 Å². The fraction of sp³-hybridized carbons (Fsp3) is 0.448. The lowest BCUT2D eigenvalue weighted by Gasteiger charge is -2.43. The molecule has 2 aliphatic heterocycles. The number of fused-ring (bicyclic) bond motifs is 3. The molecule has 36 heavy (non-hydrogen) atoms. The summed E-state index contributed by atoms with van der Waals surface area (Å²) < 4.78 is 50.0. The van der Waals surface area contributed by atoms with Gasteiger partial charge in [0, 0.05) is 60.1 Å². The lowest BCUT2D eigenvalue weighted by atomic mass is 9.87. The number of nitrogens with one attached hydrogen (secondary N) is 1. The van der Waals surface area contributed by atoms with Gasteiger partial charge < -0.3 is 14.6 Å². The van der Waals surface area contributed by atoms with Crippen molar-refractivity contribution in [2.45, 2.75) is 57.7 Å². The van der Waals surface area contributed by atoms with Crippen LogP contribution in [0.1, 0.15) is 56.0 Å². The minimum Gasteiger partial charge on any atom is -0.489 e. The summed E-state index contributed by atoms with van der Waals surface area (Å²) >= 11 is 0. The van der Waals surface area contributed by atoms with Gasteiger partial charge in [0.15, 0.2) is 0 Å². The molecular weight excluding hydrogens is 463 g/mol. The molecule has 0 unspecified atom stereocenters. The van der Waals surface area contributed by atoms with Crippen LogP contribution in [0.15, 0.2) is 48.7 Å². The van der Waals surface area contributed by atoms with Crippen LogP contribution in [-0.4, -0.2) is 53.2 Å². The highest BCUT2D eigenvalue weighted by Crippen LogP contribution is 2.44. The Kier molecular flexibility index (Phi) is 7.02. The van der Waals surface area contributed by atoms with Crippen molar-refractivity contribution < 1.29 is 17.9 Å². The first-order chi connectivity index (χ1) is 17.4. The molecule has 1 fully saturated rings. The Labute approximate surface area is 210 Å². The van der Waals surface area contributed by atoms with Gasteiger partial charge in [-0.3, -0.25) is 9.29 Å². The van der Waals surface area contributed by atoms with Crippen LogP contribution in [0.25, 0.3) is 10.9 Å². The van der Waals surface area contributed by atoms with Gasteiger partial charge in [-0.05, 0) is 44.2 Å². The van der Waals surface area contributed by atoms with Crippen LogP contribution in [0.2, 0.25) is 0 Å². The van der Waals surface area contributed by atoms with E-state index in [9.17, 15) is 4.39 Å². The highest BCUT2D eigenvalue weighted by atomic mass is 19.1. The van der Waals surface area contributed by atoms with Crippen molar-refractivity contribution in [2.24, 2.45) is 0 Å². The zero-order valence-corrected chi connectivity index (χ0v) is 21.0. The number of rotatable bonds is 8. The minimum absolute atomic E-state index is 0.00676. The van der Waals surface area contributed by atoms with E-state index in [4.69, 9.17) is 4.74 Å². The van der Waals surface area contributed by atoms with Gasteiger partial charge in [-0.25, -0.2) is 8.78 Å². The van der Waals surface area contributed by atoms with E-state index >= 15 is 8.78 Å². The number of allylic oxidation sites excluding steroid dienone is 1. The van der Waals surface area contributed by atoms with Crippen LogP contribution in [0.4, 0.5) is 13.2 Å². The van der Waals surface area contributed by atoms with Gasteiger partial charge in [0.05, 0.1) is 12.2 Å². The minimum atomic E-state index is -0.652. The number of H-pyrrole nitrogens is 1. The zero-order chi connectivity index (χ0) is 25.4. The van der Waals surface area contributed by atoms with Crippen LogP contribution >= 0.6 is 0 Å². The Morgan fingerprint density at radius 2 is 1.94 bits per heavy atom. The summed E-state index contributed by atoms with van der Waals surface area (Å²) in [5.74, 6) is -1.07. The molecule has 192 valence electrons. The molecule has 0 aliphatic carbocycles. The molecule has 1 aromatic heterocycles. The van der Waals surface area contributed by atoms with E-state index in [0.29, 0.717) is 25.9 Å². The van der Waals surface area contributed by atoms with Crippen LogP contribution in [-0.2, 0) is 6.42 Å². The zero-order valence-electron chi connectivity index (χ0n) is 21.0. The number of aromatic nitrogens is 1. The Morgan fingerprint density at radius 3 is 2.67 bits per heavy atom. The second-order valence-electron chi connectivity index (χ2n) is 10.0. The number of likely N-dealkylation sites (tertiary alicyclic amines) is 1. The number of nitrogens with zero attached hydrogens (tertiary/aromatic N) is 2. The summed E-state index contributed by atoms with van der Waals surface area (Å²) in [5.41, 5.74) is 3.72. The van der Waals surface area contributed by atoms with Gasteiger partial charge in [-0.15, -0.1) is 0 Å². The van der Waals surface area contributed by atoms with Gasteiger partial charge in [0.2, 0.25) is 0 Å². The average Bonchev–Trinajstić information content (AvgIpc) is 3.46. The molecule has 5 rings (SSSR count). The molecule has 7 heteroatoms. The van der Waals surface area contributed by atoms with E-state index in [1.165, 1.54) is 12.1 Å². The van der Waals surface area contributed by atoms with Crippen molar-refractivity contribution >= 4 is 10.9 Å². The van der Waals surface area contributed by atoms with Crippen LogP contribution < -0.4 is 4.74 Å². The Bertz CT molecular complexity index is 1230. The third-order valence-corrected chi connectivity index (χ3v) is 7.61. The smallest absolute Gasteiger partial charge is 0.135 e.